The zero-order chi connectivity index (χ0) is 18.6. The van der Waals surface area contributed by atoms with E-state index in [4.69, 9.17) is 0 Å². The fourth-order valence-electron chi connectivity index (χ4n) is 2.67. The van der Waals surface area contributed by atoms with Crippen LogP contribution in [0.1, 0.15) is 83.1 Å². The Morgan fingerprint density at radius 2 is 1.04 bits per heavy atom. The van der Waals surface area contributed by atoms with Gasteiger partial charge in [0, 0.05) is 0 Å². The van der Waals surface area contributed by atoms with E-state index in [9.17, 15) is 0 Å². The molecule has 0 saturated carbocycles. The number of nitrogens with one attached hydrogen (secondary N) is 2. The SMILES string of the molecule is CC(C)(C)NP1N(C(C)(C)C)P(=[Se])(NC(C)(C)C)N1C(C)(C)C. The standard InChI is InChI=1S/C16H38N4P2Se/c1-13(2,3)17-21-19(15(7,8)9)22(23,18-14(4,5)6)20(21)16(10,11)12/h17H,1-12H3,(H,18,23). The second-order valence-electron chi connectivity index (χ2n) is 10.5. The first-order valence-electron chi connectivity index (χ1n) is 8.38. The Kier molecular flexibility index (Phi) is 6.22. The van der Waals surface area contributed by atoms with Gasteiger partial charge in [-0.05, 0) is 0 Å². The molecule has 1 rings (SSSR count). The Hall–Kier alpha value is 1.22. The fraction of sp³-hybridized carbons (Fsp3) is 1.00. The fourth-order valence-corrected chi connectivity index (χ4v) is 17.8. The minimum absolute atomic E-state index is 0.0647. The van der Waals surface area contributed by atoms with Crippen molar-refractivity contribution in [2.24, 2.45) is 0 Å². The van der Waals surface area contributed by atoms with Crippen LogP contribution in [0, 0.1) is 0 Å². The van der Waals surface area contributed by atoms with Crippen LogP contribution in [0.2, 0.25) is 0 Å². The van der Waals surface area contributed by atoms with Gasteiger partial charge in [-0.2, -0.15) is 0 Å². The van der Waals surface area contributed by atoms with Crippen molar-refractivity contribution in [3.05, 3.63) is 0 Å². The summed E-state index contributed by atoms with van der Waals surface area (Å²) in [6, 6.07) is 0. The quantitative estimate of drug-likeness (QED) is 0.477. The predicted molar refractivity (Wildman–Crippen MR) is 109 cm³/mol. The number of hydrogen-bond donors (Lipinski definition) is 2. The number of hydrogen-bond acceptors (Lipinski definition) is 4. The monoisotopic (exact) mass is 428 g/mol. The summed E-state index contributed by atoms with van der Waals surface area (Å²) in [7, 11) is -0.557. The van der Waals surface area contributed by atoms with E-state index in [2.05, 4.69) is 117 Å². The molecule has 7 heteroatoms. The average molecular weight is 427 g/mol. The third-order valence-electron chi connectivity index (χ3n) is 2.99. The Bertz CT molecular complexity index is 454. The molecule has 1 aliphatic rings. The van der Waals surface area contributed by atoms with E-state index in [-0.39, 0.29) is 22.2 Å². The van der Waals surface area contributed by atoms with Crippen molar-refractivity contribution in [1.82, 2.24) is 19.1 Å². The zero-order valence-corrected chi connectivity index (χ0v) is 20.7. The molecule has 138 valence electrons. The summed E-state index contributed by atoms with van der Waals surface area (Å²) in [6.45, 7) is 27.5. The summed E-state index contributed by atoms with van der Waals surface area (Å²) < 4.78 is 5.38. The number of nitrogens with zero attached hydrogens (tertiary/aromatic N) is 2. The molecule has 0 amide bonds. The molecular formula is C16H38N4P2Se. The Balaban J connectivity index is 3.37. The molecule has 4 nitrogen and oxygen atoms in total. The van der Waals surface area contributed by atoms with Crippen molar-refractivity contribution < 1.29 is 0 Å². The summed E-state index contributed by atoms with van der Waals surface area (Å²) in [5.74, 6) is -1.71. The van der Waals surface area contributed by atoms with Crippen molar-refractivity contribution in [1.29, 1.82) is 0 Å². The van der Waals surface area contributed by atoms with Gasteiger partial charge in [-0.15, -0.1) is 0 Å². The molecule has 0 bridgehead atoms. The van der Waals surface area contributed by atoms with Crippen molar-refractivity contribution >= 4 is 29.4 Å². The molecule has 0 atom stereocenters. The van der Waals surface area contributed by atoms with Crippen LogP contribution in [0.4, 0.5) is 0 Å². The van der Waals surface area contributed by atoms with Crippen molar-refractivity contribution in [3.8, 4) is 0 Å². The second-order valence-corrected chi connectivity index (χ2v) is 18.0. The maximum absolute atomic E-state index is 3.94. The topological polar surface area (TPSA) is 30.5 Å². The molecule has 0 aliphatic carbocycles. The van der Waals surface area contributed by atoms with E-state index in [1.807, 2.05) is 0 Å². The van der Waals surface area contributed by atoms with Crippen LogP contribution < -0.4 is 10.2 Å². The second kappa shape index (κ2) is 6.43. The minimum atomic E-state index is -1.71. The van der Waals surface area contributed by atoms with Crippen LogP contribution in [0.25, 0.3) is 0 Å². The van der Waals surface area contributed by atoms with Gasteiger partial charge in [0.15, 0.2) is 0 Å². The van der Waals surface area contributed by atoms with Gasteiger partial charge in [0.05, 0.1) is 0 Å². The molecule has 1 heterocycles. The van der Waals surface area contributed by atoms with Crippen LogP contribution in [-0.2, 0) is 0 Å². The van der Waals surface area contributed by atoms with Crippen LogP contribution in [0.5, 0.6) is 0 Å². The van der Waals surface area contributed by atoms with Crippen LogP contribution in [-0.4, -0.2) is 46.1 Å². The summed E-state index contributed by atoms with van der Waals surface area (Å²) in [5, 5.41) is 7.84. The molecule has 1 saturated heterocycles. The van der Waals surface area contributed by atoms with Gasteiger partial charge in [0.2, 0.25) is 0 Å². The third-order valence-corrected chi connectivity index (χ3v) is 15.8. The van der Waals surface area contributed by atoms with Crippen molar-refractivity contribution in [2.45, 2.75) is 105 Å². The first-order valence-corrected chi connectivity index (χ1v) is 13.5. The van der Waals surface area contributed by atoms with E-state index >= 15 is 0 Å². The van der Waals surface area contributed by atoms with E-state index in [1.54, 1.807) is 0 Å². The molecule has 2 N–H and O–H groups in total. The van der Waals surface area contributed by atoms with Gasteiger partial charge in [0.1, 0.15) is 0 Å². The van der Waals surface area contributed by atoms with Crippen LogP contribution in [0.15, 0.2) is 0 Å². The van der Waals surface area contributed by atoms with Crippen molar-refractivity contribution in [2.75, 3.05) is 0 Å². The molecule has 1 fully saturated rings. The van der Waals surface area contributed by atoms with Crippen LogP contribution in [0.3, 0.4) is 0 Å². The van der Waals surface area contributed by atoms with Gasteiger partial charge in [-0.3, -0.25) is 0 Å². The van der Waals surface area contributed by atoms with Gasteiger partial charge in [-0.1, -0.05) is 0 Å². The van der Waals surface area contributed by atoms with Gasteiger partial charge < -0.3 is 0 Å². The summed E-state index contributed by atoms with van der Waals surface area (Å²) >= 11 is 3.60. The molecule has 1 aliphatic heterocycles. The van der Waals surface area contributed by atoms with Gasteiger partial charge in [0.25, 0.3) is 0 Å². The molecule has 0 aromatic carbocycles. The number of rotatable bonds is 2. The van der Waals surface area contributed by atoms with E-state index < -0.39 is 14.3 Å². The first-order chi connectivity index (χ1) is 9.79. The Morgan fingerprint density at radius 1 is 0.696 bits per heavy atom. The van der Waals surface area contributed by atoms with Gasteiger partial charge >= 0.3 is 154 Å². The normalized spacial score (nSPS) is 28.8. The van der Waals surface area contributed by atoms with E-state index in [1.165, 1.54) is 0 Å². The summed E-state index contributed by atoms with van der Waals surface area (Å²) in [5.41, 5.74) is 0.354. The molecule has 0 spiro atoms. The zero-order valence-electron chi connectivity index (χ0n) is 17.2. The Morgan fingerprint density at radius 3 is 1.26 bits per heavy atom. The van der Waals surface area contributed by atoms with E-state index in [0.29, 0.717) is 0 Å². The molecule has 0 unspecified atom stereocenters. The van der Waals surface area contributed by atoms with E-state index in [0.717, 1.165) is 0 Å². The predicted octanol–water partition coefficient (Wildman–Crippen LogP) is 5.05. The molecular weight excluding hydrogens is 389 g/mol. The van der Waals surface area contributed by atoms with Crippen LogP contribution >= 0.6 is 14.3 Å². The molecule has 0 radical (unpaired) electrons. The maximum atomic E-state index is 3.94. The summed E-state index contributed by atoms with van der Waals surface area (Å²) in [4.78, 5) is 0. The van der Waals surface area contributed by atoms with Gasteiger partial charge in [-0.25, -0.2) is 0 Å². The Labute approximate surface area is 153 Å². The summed E-state index contributed by atoms with van der Waals surface area (Å²) in [6.07, 6.45) is 0. The average Bonchev–Trinajstić information content (AvgIpc) is 2.03. The first kappa shape index (κ1) is 22.3. The van der Waals surface area contributed by atoms with Crippen molar-refractivity contribution in [3.63, 3.8) is 0 Å². The molecule has 0 aromatic heterocycles. The third kappa shape index (κ3) is 5.35. The molecule has 0 aromatic rings. The molecule has 23 heavy (non-hydrogen) atoms.